The molecule has 1 aromatic heterocycles. The van der Waals surface area contributed by atoms with Crippen LogP contribution in [0.4, 0.5) is 5.95 Å². The zero-order valence-corrected chi connectivity index (χ0v) is 8.54. The molecular weight excluding hydrogens is 212 g/mol. The fourth-order valence-corrected chi connectivity index (χ4v) is 0.968. The van der Waals surface area contributed by atoms with Gasteiger partial charge in [0.2, 0.25) is 5.95 Å². The Morgan fingerprint density at radius 3 is 3.12 bits per heavy atom. The molecule has 0 aliphatic rings. The molecule has 2 N–H and O–H groups in total. The van der Waals surface area contributed by atoms with Gasteiger partial charge in [-0.3, -0.25) is 0 Å². The molecule has 84 valence electrons. The normalized spacial score (nSPS) is 11.3. The van der Waals surface area contributed by atoms with Gasteiger partial charge in [0.1, 0.15) is 11.8 Å². The SMILES string of the molecule is COC(=O)C(CO)Nc1nccc(C#N)n1. The molecule has 0 amide bonds. The molecule has 0 saturated carbocycles. The first-order valence-electron chi connectivity index (χ1n) is 4.39. The van der Waals surface area contributed by atoms with Crippen LogP contribution in [0, 0.1) is 11.3 Å². The Hall–Kier alpha value is -2.20. The lowest BCUT2D eigenvalue weighted by Gasteiger charge is -2.13. The van der Waals surface area contributed by atoms with Crippen molar-refractivity contribution in [3.63, 3.8) is 0 Å². The van der Waals surface area contributed by atoms with Crippen molar-refractivity contribution < 1.29 is 14.6 Å². The van der Waals surface area contributed by atoms with Gasteiger partial charge in [-0.25, -0.2) is 14.8 Å². The minimum Gasteiger partial charge on any atom is -0.467 e. The second-order valence-electron chi connectivity index (χ2n) is 2.78. The minimum atomic E-state index is -0.945. The molecule has 16 heavy (non-hydrogen) atoms. The summed E-state index contributed by atoms with van der Waals surface area (Å²) in [7, 11) is 1.21. The quantitative estimate of drug-likeness (QED) is 0.648. The fourth-order valence-electron chi connectivity index (χ4n) is 0.968. The van der Waals surface area contributed by atoms with Crippen LogP contribution >= 0.6 is 0 Å². The fraction of sp³-hybridized carbons (Fsp3) is 0.333. The average molecular weight is 222 g/mol. The molecule has 1 aromatic rings. The van der Waals surface area contributed by atoms with Gasteiger partial charge in [-0.05, 0) is 6.07 Å². The third-order valence-electron chi connectivity index (χ3n) is 1.74. The van der Waals surface area contributed by atoms with E-state index >= 15 is 0 Å². The van der Waals surface area contributed by atoms with Gasteiger partial charge in [0.25, 0.3) is 0 Å². The summed E-state index contributed by atoms with van der Waals surface area (Å²) in [5.74, 6) is -0.544. The first kappa shape index (κ1) is 11.9. The molecule has 7 heteroatoms. The maximum absolute atomic E-state index is 11.1. The van der Waals surface area contributed by atoms with Crippen LogP contribution in [0.5, 0.6) is 0 Å². The van der Waals surface area contributed by atoms with Crippen molar-refractivity contribution in [1.82, 2.24) is 9.97 Å². The van der Waals surface area contributed by atoms with Crippen LogP contribution in [0.1, 0.15) is 5.69 Å². The van der Waals surface area contributed by atoms with Gasteiger partial charge in [-0.1, -0.05) is 0 Å². The number of aromatic nitrogens is 2. The number of carbonyl (C=O) groups is 1. The summed E-state index contributed by atoms with van der Waals surface area (Å²) < 4.78 is 4.45. The van der Waals surface area contributed by atoms with Crippen LogP contribution in [0.2, 0.25) is 0 Å². The first-order chi connectivity index (χ1) is 7.71. The average Bonchev–Trinajstić information content (AvgIpc) is 2.35. The van der Waals surface area contributed by atoms with E-state index in [1.165, 1.54) is 19.4 Å². The number of nitrogens with zero attached hydrogens (tertiary/aromatic N) is 3. The zero-order chi connectivity index (χ0) is 12.0. The number of nitriles is 1. The predicted octanol–water partition coefficient (Wildman–Crippen LogP) is -0.706. The largest absolute Gasteiger partial charge is 0.467 e. The van der Waals surface area contributed by atoms with Crippen LogP contribution in [0.15, 0.2) is 12.3 Å². The lowest BCUT2D eigenvalue weighted by Crippen LogP contribution is -2.34. The highest BCUT2D eigenvalue weighted by Gasteiger charge is 2.18. The second-order valence-corrected chi connectivity index (χ2v) is 2.78. The van der Waals surface area contributed by atoms with Crippen molar-refractivity contribution in [2.75, 3.05) is 19.0 Å². The Kier molecular flexibility index (Phi) is 4.17. The van der Waals surface area contributed by atoms with Gasteiger partial charge >= 0.3 is 5.97 Å². The number of ether oxygens (including phenoxy) is 1. The highest BCUT2D eigenvalue weighted by molar-refractivity contribution is 5.78. The molecule has 1 unspecified atom stereocenters. The predicted molar refractivity (Wildman–Crippen MR) is 53.3 cm³/mol. The van der Waals surface area contributed by atoms with E-state index in [0.717, 1.165) is 0 Å². The molecule has 0 fully saturated rings. The van der Waals surface area contributed by atoms with Crippen molar-refractivity contribution >= 4 is 11.9 Å². The van der Waals surface area contributed by atoms with Gasteiger partial charge in [0.05, 0.1) is 13.7 Å². The van der Waals surface area contributed by atoms with E-state index in [1.54, 1.807) is 0 Å². The molecule has 1 heterocycles. The Morgan fingerprint density at radius 1 is 1.81 bits per heavy atom. The minimum absolute atomic E-state index is 0.0866. The first-order valence-corrected chi connectivity index (χ1v) is 4.39. The summed E-state index contributed by atoms with van der Waals surface area (Å²) in [6.07, 6.45) is 1.37. The number of anilines is 1. The molecule has 7 nitrogen and oxygen atoms in total. The van der Waals surface area contributed by atoms with Crippen LogP contribution < -0.4 is 5.32 Å². The van der Waals surface area contributed by atoms with Crippen LogP contribution in [0.3, 0.4) is 0 Å². The number of hydrogen-bond acceptors (Lipinski definition) is 7. The van der Waals surface area contributed by atoms with Crippen LogP contribution in [-0.4, -0.2) is 40.8 Å². The highest BCUT2D eigenvalue weighted by Crippen LogP contribution is 2.02. The number of aliphatic hydroxyl groups is 1. The molecule has 0 bridgehead atoms. The van der Waals surface area contributed by atoms with Crippen LogP contribution in [0.25, 0.3) is 0 Å². The Balaban J connectivity index is 2.78. The van der Waals surface area contributed by atoms with E-state index < -0.39 is 18.6 Å². The Bertz CT molecular complexity index is 415. The monoisotopic (exact) mass is 222 g/mol. The zero-order valence-electron chi connectivity index (χ0n) is 8.54. The number of methoxy groups -OCH3 is 1. The smallest absolute Gasteiger partial charge is 0.330 e. The number of esters is 1. The van der Waals surface area contributed by atoms with Gasteiger partial charge in [-0.15, -0.1) is 0 Å². The van der Waals surface area contributed by atoms with Crippen molar-refractivity contribution in [2.45, 2.75) is 6.04 Å². The summed E-state index contributed by atoms with van der Waals surface area (Å²) >= 11 is 0. The third kappa shape index (κ3) is 2.90. The molecule has 0 radical (unpaired) electrons. The molecular formula is C9H10N4O3. The topological polar surface area (TPSA) is 108 Å². The van der Waals surface area contributed by atoms with E-state index in [0.29, 0.717) is 0 Å². The molecule has 1 atom stereocenters. The van der Waals surface area contributed by atoms with Crippen LogP contribution in [-0.2, 0) is 9.53 Å². The summed E-state index contributed by atoms with van der Waals surface area (Å²) in [6.45, 7) is -0.452. The number of hydrogen-bond donors (Lipinski definition) is 2. The number of rotatable bonds is 4. The van der Waals surface area contributed by atoms with Gasteiger partial charge in [0, 0.05) is 6.20 Å². The lowest BCUT2D eigenvalue weighted by atomic mass is 10.3. The molecule has 0 spiro atoms. The van der Waals surface area contributed by atoms with E-state index in [2.05, 4.69) is 20.0 Å². The molecule has 0 aromatic carbocycles. The van der Waals surface area contributed by atoms with E-state index in [9.17, 15) is 4.79 Å². The molecule has 0 aliphatic carbocycles. The molecule has 1 rings (SSSR count). The Labute approximate surface area is 91.7 Å². The Morgan fingerprint density at radius 2 is 2.56 bits per heavy atom. The van der Waals surface area contributed by atoms with Crippen molar-refractivity contribution in [3.8, 4) is 6.07 Å². The number of aliphatic hydroxyl groups excluding tert-OH is 1. The highest BCUT2D eigenvalue weighted by atomic mass is 16.5. The van der Waals surface area contributed by atoms with E-state index in [1.807, 2.05) is 6.07 Å². The summed E-state index contributed by atoms with van der Waals surface area (Å²) in [5.41, 5.74) is 0.166. The standard InChI is InChI=1S/C9H10N4O3/c1-16-8(15)7(5-14)13-9-11-3-2-6(4-10)12-9/h2-3,7,14H,5H2,1H3,(H,11,12,13). The third-order valence-corrected chi connectivity index (χ3v) is 1.74. The van der Waals surface area contributed by atoms with Gasteiger partial charge < -0.3 is 15.2 Å². The summed E-state index contributed by atoms with van der Waals surface area (Å²) in [6, 6.07) is 2.31. The maximum Gasteiger partial charge on any atom is 0.330 e. The molecule has 0 saturated heterocycles. The number of nitrogens with one attached hydrogen (secondary N) is 1. The number of carbonyl (C=O) groups excluding carboxylic acids is 1. The molecule has 0 aliphatic heterocycles. The van der Waals surface area contributed by atoms with Gasteiger partial charge in [0.15, 0.2) is 6.04 Å². The van der Waals surface area contributed by atoms with Gasteiger partial charge in [-0.2, -0.15) is 5.26 Å². The second kappa shape index (κ2) is 5.63. The summed E-state index contributed by atoms with van der Waals surface area (Å²) in [5, 5.41) is 20.1. The lowest BCUT2D eigenvalue weighted by molar-refractivity contribution is -0.142. The maximum atomic E-state index is 11.1. The summed E-state index contributed by atoms with van der Waals surface area (Å²) in [4.78, 5) is 18.7. The van der Waals surface area contributed by atoms with E-state index in [-0.39, 0.29) is 11.6 Å². The van der Waals surface area contributed by atoms with E-state index in [4.69, 9.17) is 10.4 Å². The van der Waals surface area contributed by atoms with Crippen molar-refractivity contribution in [1.29, 1.82) is 5.26 Å². The van der Waals surface area contributed by atoms with Crippen molar-refractivity contribution in [3.05, 3.63) is 18.0 Å². The van der Waals surface area contributed by atoms with Crippen molar-refractivity contribution in [2.24, 2.45) is 0 Å².